The standard InChI is InChI=1S/C60H66O6.8C2H6/c61-53(40-63-55-33-25-50(26-34-55)59(45-13-5-1-6-14-45,46-15-7-2-8-16-46)49-23-31-54(32-24-49)62-39-44-21-22-44)41-64-56-35-27-51(28-36-56)60(47-17-9-3-10-18-47,48-19-11-4-12-20-48)52-29-37-57(38-30-52)65-42-58-43-66-58;8*1-2/h1,3,5-6,9-10,13-14,17-18,23-38,44,46,48,53,58,61H,2,4,7-8,11-12,15-16,19-22,39-43H2;8*1-2H3. The fourth-order valence-corrected chi connectivity index (χ4v) is 11.4. The number of epoxide rings is 1. The molecule has 4 unspecified atom stereocenters. The number of benzene rings is 6. The maximum absolute atomic E-state index is 11.2. The molecule has 1 saturated heterocycles. The molecule has 0 amide bonds. The van der Waals surface area contributed by atoms with E-state index in [0.717, 1.165) is 49.1 Å². The van der Waals surface area contributed by atoms with Crippen molar-refractivity contribution in [1.29, 1.82) is 0 Å². The van der Waals surface area contributed by atoms with E-state index in [1.54, 1.807) is 0 Å². The van der Waals surface area contributed by atoms with Crippen molar-refractivity contribution in [3.05, 3.63) is 191 Å². The molecule has 0 radical (unpaired) electrons. The lowest BCUT2D eigenvalue weighted by Crippen LogP contribution is -2.39. The molecule has 454 valence electrons. The number of hydrogen-bond acceptors (Lipinski definition) is 6. The van der Waals surface area contributed by atoms with Crippen LogP contribution in [0.25, 0.3) is 0 Å². The number of hydrogen-bond donors (Lipinski definition) is 1. The summed E-state index contributed by atoms with van der Waals surface area (Å²) >= 11 is 0. The maximum atomic E-state index is 11.2. The van der Waals surface area contributed by atoms with Crippen LogP contribution in [0.5, 0.6) is 23.0 Å². The molecule has 4 fully saturated rings. The molecule has 3 saturated carbocycles. The van der Waals surface area contributed by atoms with Gasteiger partial charge in [-0.3, -0.25) is 0 Å². The van der Waals surface area contributed by atoms with Gasteiger partial charge in [-0.2, -0.15) is 0 Å². The summed E-state index contributed by atoms with van der Waals surface area (Å²) < 4.78 is 30.1. The quantitative estimate of drug-likeness (QED) is 0.0607. The van der Waals surface area contributed by atoms with Crippen LogP contribution in [0.2, 0.25) is 0 Å². The van der Waals surface area contributed by atoms with Gasteiger partial charge < -0.3 is 28.8 Å². The van der Waals surface area contributed by atoms with Crippen molar-refractivity contribution in [2.45, 2.75) is 211 Å². The van der Waals surface area contributed by atoms with Crippen molar-refractivity contribution < 1.29 is 28.8 Å². The average molecular weight is 1120 g/mol. The molecule has 6 heteroatoms. The summed E-state index contributed by atoms with van der Waals surface area (Å²) in [4.78, 5) is 0. The van der Waals surface area contributed by atoms with Gasteiger partial charge in [0, 0.05) is 10.8 Å². The third-order valence-electron chi connectivity index (χ3n) is 15.0. The van der Waals surface area contributed by atoms with Gasteiger partial charge in [-0.15, -0.1) is 0 Å². The van der Waals surface area contributed by atoms with Gasteiger partial charge in [-0.05, 0) is 138 Å². The summed E-state index contributed by atoms with van der Waals surface area (Å²) in [6, 6.07) is 57.0. The highest BCUT2D eigenvalue weighted by molar-refractivity contribution is 5.55. The van der Waals surface area contributed by atoms with E-state index in [1.165, 1.54) is 97.6 Å². The molecule has 4 atom stereocenters. The monoisotopic (exact) mass is 1120 g/mol. The van der Waals surface area contributed by atoms with Gasteiger partial charge in [0.2, 0.25) is 0 Å². The molecule has 0 bridgehead atoms. The number of rotatable bonds is 20. The average Bonchev–Trinajstić information content (AvgIpc) is 2.36. The van der Waals surface area contributed by atoms with Crippen molar-refractivity contribution in [3.8, 4) is 23.0 Å². The first kappa shape index (κ1) is 72.5. The van der Waals surface area contributed by atoms with Crippen LogP contribution in [0.4, 0.5) is 0 Å². The van der Waals surface area contributed by atoms with E-state index in [0.29, 0.717) is 24.4 Å². The van der Waals surface area contributed by atoms with Crippen LogP contribution in [0.3, 0.4) is 0 Å². The molecule has 0 spiro atoms. The number of aliphatic hydroxyl groups excluding tert-OH is 1. The SMILES string of the molecule is CC.CC.CC.CC.CC.CC.CC.CC.OC(COc1ccc(C(c2ccccc2)(c2ccc(OCC3CC3)cc2)C2CCCCC2)cc1)COc1ccc(C(c2ccccc2)(c2ccc(OCC3CO3)cc2)C2CCCCC2)cc1. The van der Waals surface area contributed by atoms with Gasteiger partial charge in [0.05, 0.1) is 13.2 Å². The van der Waals surface area contributed by atoms with Gasteiger partial charge >= 0.3 is 0 Å². The molecule has 0 aromatic heterocycles. The van der Waals surface area contributed by atoms with Gasteiger partial charge in [0.1, 0.15) is 55.0 Å². The second kappa shape index (κ2) is 42.3. The highest BCUT2D eigenvalue weighted by Crippen LogP contribution is 2.53. The van der Waals surface area contributed by atoms with Gasteiger partial charge in [0.25, 0.3) is 0 Å². The predicted octanol–water partition coefficient (Wildman–Crippen LogP) is 21.1. The van der Waals surface area contributed by atoms with Gasteiger partial charge in [0.15, 0.2) is 0 Å². The Kier molecular flexibility index (Phi) is 37.4. The molecule has 6 aromatic carbocycles. The molecule has 6 nitrogen and oxygen atoms in total. The Labute approximate surface area is 502 Å². The first-order chi connectivity index (χ1) is 40.6. The summed E-state index contributed by atoms with van der Waals surface area (Å²) in [6.07, 6.45) is 14.2. The highest BCUT2D eigenvalue weighted by atomic mass is 16.6. The lowest BCUT2D eigenvalue weighted by atomic mass is 9.58. The van der Waals surface area contributed by atoms with E-state index >= 15 is 0 Å². The topological polar surface area (TPSA) is 69.7 Å². The van der Waals surface area contributed by atoms with E-state index in [4.69, 9.17) is 23.7 Å². The predicted molar refractivity (Wildman–Crippen MR) is 353 cm³/mol. The minimum Gasteiger partial charge on any atom is -0.493 e. The number of aliphatic hydroxyl groups is 1. The zero-order valence-corrected chi connectivity index (χ0v) is 54.4. The van der Waals surface area contributed by atoms with Crippen LogP contribution >= 0.6 is 0 Å². The summed E-state index contributed by atoms with van der Waals surface area (Å²) in [5.74, 6) is 4.87. The molecule has 6 aromatic rings. The minimum atomic E-state index is -0.812. The molecule has 10 rings (SSSR count). The Hall–Kier alpha value is -5.56. The molecule has 1 N–H and O–H groups in total. The third kappa shape index (κ3) is 20.4. The van der Waals surface area contributed by atoms with Crippen LogP contribution in [0, 0.1) is 17.8 Å². The fourth-order valence-electron chi connectivity index (χ4n) is 11.4. The zero-order chi connectivity index (χ0) is 60.6. The summed E-state index contributed by atoms with van der Waals surface area (Å²) in [6.45, 7) is 34.4. The van der Waals surface area contributed by atoms with Crippen molar-refractivity contribution >= 4 is 0 Å². The first-order valence-corrected chi connectivity index (χ1v) is 32.9. The van der Waals surface area contributed by atoms with E-state index in [2.05, 4.69) is 158 Å². The van der Waals surface area contributed by atoms with Crippen LogP contribution in [0.15, 0.2) is 158 Å². The molecule has 1 heterocycles. The van der Waals surface area contributed by atoms with Crippen LogP contribution < -0.4 is 18.9 Å². The molecular weight excluding hydrogens is 1010 g/mol. The Morgan fingerprint density at radius 2 is 0.622 bits per heavy atom. The molecule has 82 heavy (non-hydrogen) atoms. The Morgan fingerprint density at radius 3 is 0.902 bits per heavy atom. The van der Waals surface area contributed by atoms with E-state index in [1.807, 2.05) is 111 Å². The van der Waals surface area contributed by atoms with E-state index < -0.39 is 6.10 Å². The molecular formula is C76H114O6. The Morgan fingerprint density at radius 1 is 0.354 bits per heavy atom. The zero-order valence-electron chi connectivity index (χ0n) is 54.4. The van der Waals surface area contributed by atoms with Crippen LogP contribution in [0.1, 0.15) is 221 Å². The van der Waals surface area contributed by atoms with Crippen molar-refractivity contribution in [1.82, 2.24) is 0 Å². The van der Waals surface area contributed by atoms with Crippen molar-refractivity contribution in [2.24, 2.45) is 17.8 Å². The van der Waals surface area contributed by atoms with Crippen LogP contribution in [-0.2, 0) is 15.6 Å². The molecule has 1 aliphatic heterocycles. The lowest BCUT2D eigenvalue weighted by Gasteiger charge is -2.44. The Balaban J connectivity index is 0.00000132. The Bertz CT molecular complexity index is 2230. The maximum Gasteiger partial charge on any atom is 0.122 e. The van der Waals surface area contributed by atoms with E-state index in [-0.39, 0.29) is 30.1 Å². The normalized spacial score (nSPS) is 16.7. The van der Waals surface area contributed by atoms with Gasteiger partial charge in [-0.25, -0.2) is 0 Å². The van der Waals surface area contributed by atoms with Gasteiger partial charge in [-0.1, -0.05) is 258 Å². The second-order valence-corrected chi connectivity index (χ2v) is 19.4. The summed E-state index contributed by atoms with van der Waals surface area (Å²) in [7, 11) is 0. The molecule has 4 aliphatic rings. The van der Waals surface area contributed by atoms with E-state index in [9.17, 15) is 5.11 Å². The van der Waals surface area contributed by atoms with Crippen molar-refractivity contribution in [2.75, 3.05) is 33.0 Å². The van der Waals surface area contributed by atoms with Crippen molar-refractivity contribution in [3.63, 3.8) is 0 Å². The second-order valence-electron chi connectivity index (χ2n) is 19.4. The largest absolute Gasteiger partial charge is 0.493 e. The molecule has 3 aliphatic carbocycles. The first-order valence-electron chi connectivity index (χ1n) is 32.9. The smallest absolute Gasteiger partial charge is 0.122 e. The number of ether oxygens (including phenoxy) is 5. The van der Waals surface area contributed by atoms with Crippen LogP contribution in [-0.4, -0.2) is 50.3 Å². The summed E-state index contributed by atoms with van der Waals surface area (Å²) in [5.41, 5.74) is 7.03. The third-order valence-corrected chi connectivity index (χ3v) is 15.0. The minimum absolute atomic E-state index is 0.121. The highest BCUT2D eigenvalue weighted by Gasteiger charge is 2.45. The fraction of sp³-hybridized carbons (Fsp3) is 0.526. The summed E-state index contributed by atoms with van der Waals surface area (Å²) in [5, 5.41) is 11.2. The lowest BCUT2D eigenvalue weighted by molar-refractivity contribution is 0.0626.